The average Bonchev–Trinajstić information content (AvgIpc) is 3.35. The van der Waals surface area contributed by atoms with E-state index in [0.717, 1.165) is 4.90 Å². The van der Waals surface area contributed by atoms with Gasteiger partial charge < -0.3 is 14.9 Å². The number of aromatic hydroxyl groups is 2. The molecular formula is C28H26N2O6. The summed E-state index contributed by atoms with van der Waals surface area (Å²) < 4.78 is 5.49. The SMILES string of the molecule is CCOC(=O)[C@@]1(Cc2ccc(O)cc2)N[C@@H](c2ccc(O)cc2)[C@H]2C(=O)N(c3ccccc3)C(=O)[C@@H]21. The Morgan fingerprint density at radius 2 is 1.53 bits per heavy atom. The molecule has 4 atom stereocenters. The van der Waals surface area contributed by atoms with Gasteiger partial charge in [0.15, 0.2) is 0 Å². The molecule has 0 aromatic heterocycles. The van der Waals surface area contributed by atoms with Gasteiger partial charge in [-0.25, -0.2) is 4.90 Å². The van der Waals surface area contributed by atoms with Gasteiger partial charge in [0.1, 0.15) is 17.0 Å². The van der Waals surface area contributed by atoms with E-state index in [4.69, 9.17) is 4.74 Å². The number of nitrogens with one attached hydrogen (secondary N) is 1. The maximum Gasteiger partial charge on any atom is 0.327 e. The van der Waals surface area contributed by atoms with Gasteiger partial charge >= 0.3 is 5.97 Å². The van der Waals surface area contributed by atoms with Crippen molar-refractivity contribution in [1.82, 2.24) is 5.32 Å². The fraction of sp³-hybridized carbons (Fsp3) is 0.250. The van der Waals surface area contributed by atoms with Crippen molar-refractivity contribution in [2.45, 2.75) is 24.9 Å². The number of hydrogen-bond acceptors (Lipinski definition) is 7. The van der Waals surface area contributed by atoms with Crippen LogP contribution in [0.15, 0.2) is 78.9 Å². The third kappa shape index (κ3) is 3.79. The first-order valence-corrected chi connectivity index (χ1v) is 11.8. The van der Waals surface area contributed by atoms with Crippen molar-refractivity contribution in [3.05, 3.63) is 90.0 Å². The summed E-state index contributed by atoms with van der Waals surface area (Å²) in [5.74, 6) is -3.26. The lowest BCUT2D eigenvalue weighted by molar-refractivity contribution is -0.154. The normalized spacial score (nSPS) is 25.1. The van der Waals surface area contributed by atoms with Gasteiger partial charge in [-0.2, -0.15) is 0 Å². The van der Waals surface area contributed by atoms with Crippen LogP contribution in [0.25, 0.3) is 0 Å². The second kappa shape index (κ2) is 9.13. The van der Waals surface area contributed by atoms with Gasteiger partial charge in [0.2, 0.25) is 11.8 Å². The minimum Gasteiger partial charge on any atom is -0.508 e. The number of nitrogens with zero attached hydrogens (tertiary/aromatic N) is 1. The monoisotopic (exact) mass is 486 g/mol. The van der Waals surface area contributed by atoms with Crippen LogP contribution in [0.5, 0.6) is 11.5 Å². The maximum absolute atomic E-state index is 14.0. The van der Waals surface area contributed by atoms with E-state index in [9.17, 15) is 24.6 Å². The summed E-state index contributed by atoms with van der Waals surface area (Å²) in [6.45, 7) is 1.79. The van der Waals surface area contributed by atoms with Gasteiger partial charge in [0, 0.05) is 12.5 Å². The number of esters is 1. The van der Waals surface area contributed by atoms with Crippen LogP contribution in [0.4, 0.5) is 5.69 Å². The number of fused-ring (bicyclic) bond motifs is 1. The predicted molar refractivity (Wildman–Crippen MR) is 131 cm³/mol. The highest BCUT2D eigenvalue weighted by molar-refractivity contribution is 6.24. The summed E-state index contributed by atoms with van der Waals surface area (Å²) in [5, 5.41) is 22.9. The highest BCUT2D eigenvalue weighted by Crippen LogP contribution is 2.51. The Balaban J connectivity index is 1.67. The zero-order valence-corrected chi connectivity index (χ0v) is 19.6. The third-order valence-electron chi connectivity index (χ3n) is 6.98. The molecule has 0 spiro atoms. The lowest BCUT2D eigenvalue weighted by atomic mass is 9.76. The van der Waals surface area contributed by atoms with Crippen LogP contribution in [-0.4, -0.2) is 40.1 Å². The number of benzene rings is 3. The Hall–Kier alpha value is -4.17. The van der Waals surface area contributed by atoms with Crippen molar-refractivity contribution in [2.24, 2.45) is 11.8 Å². The highest BCUT2D eigenvalue weighted by Gasteiger charge is 2.69. The minimum absolute atomic E-state index is 0.0637. The third-order valence-corrected chi connectivity index (χ3v) is 6.98. The number of imide groups is 1. The van der Waals surface area contributed by atoms with Crippen LogP contribution >= 0.6 is 0 Å². The molecule has 36 heavy (non-hydrogen) atoms. The average molecular weight is 487 g/mol. The molecule has 3 N–H and O–H groups in total. The van der Waals surface area contributed by atoms with Gasteiger partial charge in [-0.05, 0) is 54.4 Å². The largest absolute Gasteiger partial charge is 0.508 e. The predicted octanol–water partition coefficient (Wildman–Crippen LogP) is 3.09. The van der Waals surface area contributed by atoms with Crippen LogP contribution in [0.2, 0.25) is 0 Å². The van der Waals surface area contributed by atoms with E-state index in [-0.39, 0.29) is 24.5 Å². The minimum atomic E-state index is -1.53. The fourth-order valence-corrected chi connectivity index (χ4v) is 5.42. The number of phenolic OH excluding ortho intramolecular Hbond substituents is 2. The van der Waals surface area contributed by atoms with E-state index in [2.05, 4.69) is 5.32 Å². The smallest absolute Gasteiger partial charge is 0.327 e. The Morgan fingerprint density at radius 3 is 2.14 bits per heavy atom. The summed E-state index contributed by atoms with van der Waals surface area (Å²) in [7, 11) is 0. The molecule has 0 aliphatic carbocycles. The van der Waals surface area contributed by atoms with Gasteiger partial charge in [0.05, 0.1) is 24.1 Å². The summed E-state index contributed by atoms with van der Waals surface area (Å²) >= 11 is 0. The molecule has 0 radical (unpaired) electrons. The van der Waals surface area contributed by atoms with Crippen LogP contribution in [0, 0.1) is 11.8 Å². The van der Waals surface area contributed by atoms with Gasteiger partial charge in [-0.1, -0.05) is 42.5 Å². The van der Waals surface area contributed by atoms with Crippen molar-refractivity contribution in [1.29, 1.82) is 0 Å². The number of para-hydroxylation sites is 1. The van der Waals surface area contributed by atoms with Crippen LogP contribution in [-0.2, 0) is 25.5 Å². The molecule has 2 fully saturated rings. The first kappa shape index (κ1) is 23.6. The second-order valence-corrected chi connectivity index (χ2v) is 9.10. The molecule has 2 heterocycles. The number of hydrogen-bond donors (Lipinski definition) is 3. The molecule has 2 aliphatic rings. The number of phenols is 2. The van der Waals surface area contributed by atoms with Gasteiger partial charge in [0.25, 0.3) is 0 Å². The first-order valence-electron chi connectivity index (χ1n) is 11.8. The summed E-state index contributed by atoms with van der Waals surface area (Å²) in [6.07, 6.45) is 0.0729. The number of carbonyl (C=O) groups excluding carboxylic acids is 3. The molecular weight excluding hydrogens is 460 g/mol. The van der Waals surface area contributed by atoms with E-state index < -0.39 is 41.2 Å². The molecule has 184 valence electrons. The molecule has 2 amide bonds. The molecule has 8 nitrogen and oxygen atoms in total. The number of carbonyl (C=O) groups is 3. The number of ether oxygens (including phenoxy) is 1. The Kier molecular flexibility index (Phi) is 5.97. The van der Waals surface area contributed by atoms with Crippen molar-refractivity contribution in [3.63, 3.8) is 0 Å². The summed E-state index contributed by atoms with van der Waals surface area (Å²) in [5.41, 5.74) is 0.262. The van der Waals surface area contributed by atoms with Crippen molar-refractivity contribution >= 4 is 23.5 Å². The van der Waals surface area contributed by atoms with E-state index in [1.165, 1.54) is 24.3 Å². The first-order chi connectivity index (χ1) is 17.4. The molecule has 2 aliphatic heterocycles. The van der Waals surface area contributed by atoms with Crippen molar-refractivity contribution in [3.8, 4) is 11.5 Å². The standard InChI is InChI=1S/C28H26N2O6/c1-2-36-27(35)28(16-17-8-12-20(31)13-9-17)23-22(24(29-28)18-10-14-21(32)15-11-18)25(33)30(26(23)34)19-6-4-3-5-7-19/h3-15,22-24,29,31-32H,2,16H2,1H3/t22-,23+,24-,28-/m0/s1. The zero-order chi connectivity index (χ0) is 25.4. The highest BCUT2D eigenvalue weighted by atomic mass is 16.5. The van der Waals surface area contributed by atoms with Gasteiger partial charge in [-0.15, -0.1) is 0 Å². The summed E-state index contributed by atoms with van der Waals surface area (Å²) in [4.78, 5) is 42.6. The van der Waals surface area contributed by atoms with Crippen LogP contribution < -0.4 is 10.2 Å². The van der Waals surface area contributed by atoms with Crippen molar-refractivity contribution < 1.29 is 29.3 Å². The summed E-state index contributed by atoms with van der Waals surface area (Å²) in [6, 6.07) is 20.7. The second-order valence-electron chi connectivity index (χ2n) is 9.10. The van der Waals surface area contributed by atoms with Crippen molar-refractivity contribution in [2.75, 3.05) is 11.5 Å². The molecule has 0 bridgehead atoms. The Labute approximate surface area is 208 Å². The van der Waals surface area contributed by atoms with E-state index in [0.29, 0.717) is 16.8 Å². The van der Waals surface area contributed by atoms with Crippen LogP contribution in [0.1, 0.15) is 24.1 Å². The molecule has 3 aromatic carbocycles. The topological polar surface area (TPSA) is 116 Å². The molecule has 0 unspecified atom stereocenters. The van der Waals surface area contributed by atoms with Crippen LogP contribution in [0.3, 0.4) is 0 Å². The van der Waals surface area contributed by atoms with E-state index in [1.54, 1.807) is 61.5 Å². The van der Waals surface area contributed by atoms with E-state index >= 15 is 0 Å². The zero-order valence-electron chi connectivity index (χ0n) is 19.6. The number of amides is 2. The lowest BCUT2D eigenvalue weighted by Crippen LogP contribution is -2.58. The molecule has 8 heteroatoms. The quantitative estimate of drug-likeness (QED) is 0.362. The fourth-order valence-electron chi connectivity index (χ4n) is 5.42. The van der Waals surface area contributed by atoms with E-state index in [1.807, 2.05) is 0 Å². The number of anilines is 1. The maximum atomic E-state index is 14.0. The Bertz CT molecular complexity index is 1290. The molecule has 5 rings (SSSR count). The lowest BCUT2D eigenvalue weighted by Gasteiger charge is -2.33. The number of rotatable bonds is 6. The Morgan fingerprint density at radius 1 is 0.917 bits per heavy atom. The van der Waals surface area contributed by atoms with Gasteiger partial charge in [-0.3, -0.25) is 19.7 Å². The molecule has 0 saturated carbocycles. The molecule has 3 aromatic rings. The molecule has 2 saturated heterocycles.